The molecular weight excluding hydrogens is 324 g/mol. The van der Waals surface area contributed by atoms with E-state index >= 15 is 0 Å². The standard InChI is InChI=1S/C16H24N6O3/c1-3-23-11(2)14-17-13(24-19-14)10-21-6-8-22(9-7-21)16-18-15(20-25-16)12-4-5-12/h11-12H,3-10H2,1-2H3/t11-/m0/s1. The van der Waals surface area contributed by atoms with E-state index in [-0.39, 0.29) is 6.10 Å². The Bertz CT molecular complexity index is 690. The molecule has 0 bridgehead atoms. The fraction of sp³-hybridized carbons (Fsp3) is 0.750. The van der Waals surface area contributed by atoms with Crippen LogP contribution < -0.4 is 4.90 Å². The van der Waals surface area contributed by atoms with Crippen LogP contribution in [-0.4, -0.2) is 58.0 Å². The molecule has 2 aliphatic rings. The van der Waals surface area contributed by atoms with Gasteiger partial charge in [0.1, 0.15) is 6.10 Å². The Balaban J connectivity index is 1.28. The van der Waals surface area contributed by atoms with Gasteiger partial charge in [-0.25, -0.2) is 0 Å². The molecule has 0 amide bonds. The number of piperazine rings is 1. The molecule has 4 rings (SSSR count). The van der Waals surface area contributed by atoms with Crippen LogP contribution in [0.4, 0.5) is 6.01 Å². The maximum absolute atomic E-state index is 5.49. The molecule has 0 radical (unpaired) electrons. The van der Waals surface area contributed by atoms with Crippen LogP contribution >= 0.6 is 0 Å². The van der Waals surface area contributed by atoms with Gasteiger partial charge >= 0.3 is 6.01 Å². The molecule has 0 N–H and O–H groups in total. The van der Waals surface area contributed by atoms with Gasteiger partial charge in [0.15, 0.2) is 11.6 Å². The van der Waals surface area contributed by atoms with Crippen molar-refractivity contribution in [3.63, 3.8) is 0 Å². The molecule has 2 fully saturated rings. The van der Waals surface area contributed by atoms with E-state index in [4.69, 9.17) is 13.8 Å². The molecule has 9 nitrogen and oxygen atoms in total. The smallest absolute Gasteiger partial charge is 0.324 e. The highest BCUT2D eigenvalue weighted by molar-refractivity contribution is 5.27. The lowest BCUT2D eigenvalue weighted by atomic mass is 10.3. The van der Waals surface area contributed by atoms with Crippen molar-refractivity contribution in [2.75, 3.05) is 37.7 Å². The van der Waals surface area contributed by atoms with Gasteiger partial charge in [0.2, 0.25) is 5.89 Å². The summed E-state index contributed by atoms with van der Waals surface area (Å²) in [5.41, 5.74) is 0. The first-order valence-corrected chi connectivity index (χ1v) is 8.98. The summed E-state index contributed by atoms with van der Waals surface area (Å²) < 4.78 is 16.2. The van der Waals surface area contributed by atoms with Gasteiger partial charge in [-0.1, -0.05) is 10.3 Å². The summed E-state index contributed by atoms with van der Waals surface area (Å²) in [6.45, 7) is 8.64. The third kappa shape index (κ3) is 3.82. The molecule has 2 aromatic rings. The number of nitrogens with zero attached hydrogens (tertiary/aromatic N) is 6. The van der Waals surface area contributed by atoms with Crippen molar-refractivity contribution in [3.05, 3.63) is 17.5 Å². The van der Waals surface area contributed by atoms with Crippen LogP contribution in [0.3, 0.4) is 0 Å². The first-order chi connectivity index (χ1) is 12.2. The molecule has 1 aliphatic carbocycles. The van der Waals surface area contributed by atoms with Gasteiger partial charge in [0.25, 0.3) is 0 Å². The molecule has 1 atom stereocenters. The second-order valence-corrected chi connectivity index (χ2v) is 6.62. The van der Waals surface area contributed by atoms with E-state index in [0.717, 1.165) is 32.0 Å². The van der Waals surface area contributed by atoms with Crippen molar-refractivity contribution >= 4 is 6.01 Å². The van der Waals surface area contributed by atoms with Gasteiger partial charge in [-0.3, -0.25) is 4.90 Å². The van der Waals surface area contributed by atoms with Gasteiger partial charge in [0.05, 0.1) is 6.54 Å². The van der Waals surface area contributed by atoms with Crippen LogP contribution in [0.15, 0.2) is 9.05 Å². The van der Waals surface area contributed by atoms with Gasteiger partial charge in [-0.15, -0.1) is 0 Å². The van der Waals surface area contributed by atoms with Crippen LogP contribution in [0.1, 0.15) is 56.3 Å². The minimum absolute atomic E-state index is 0.141. The minimum atomic E-state index is -0.141. The fourth-order valence-electron chi connectivity index (χ4n) is 2.97. The Hall–Kier alpha value is -2.00. The third-order valence-corrected chi connectivity index (χ3v) is 4.64. The maximum atomic E-state index is 5.49. The number of ether oxygens (including phenoxy) is 1. The molecule has 25 heavy (non-hydrogen) atoms. The average molecular weight is 348 g/mol. The highest BCUT2D eigenvalue weighted by Gasteiger charge is 2.30. The molecule has 136 valence electrons. The molecule has 0 unspecified atom stereocenters. The van der Waals surface area contributed by atoms with E-state index in [0.29, 0.717) is 36.8 Å². The van der Waals surface area contributed by atoms with E-state index in [1.54, 1.807) is 0 Å². The molecule has 3 heterocycles. The van der Waals surface area contributed by atoms with E-state index in [9.17, 15) is 0 Å². The van der Waals surface area contributed by atoms with Crippen LogP contribution in [0.5, 0.6) is 0 Å². The van der Waals surface area contributed by atoms with Crippen molar-refractivity contribution in [1.29, 1.82) is 0 Å². The largest absolute Gasteiger partial charge is 0.371 e. The number of rotatable bonds is 7. The molecule has 9 heteroatoms. The summed E-state index contributed by atoms with van der Waals surface area (Å²) in [4.78, 5) is 13.4. The van der Waals surface area contributed by atoms with Gasteiger partial charge < -0.3 is 18.7 Å². The number of hydrogen-bond donors (Lipinski definition) is 0. The molecule has 0 spiro atoms. The summed E-state index contributed by atoms with van der Waals surface area (Å²) in [6.07, 6.45) is 2.22. The number of hydrogen-bond acceptors (Lipinski definition) is 9. The SMILES string of the molecule is CCO[C@@H](C)c1noc(CN2CCN(c3nc(C4CC4)no3)CC2)n1. The van der Waals surface area contributed by atoms with Crippen LogP contribution in [0.2, 0.25) is 0 Å². The van der Waals surface area contributed by atoms with Crippen molar-refractivity contribution in [2.24, 2.45) is 0 Å². The van der Waals surface area contributed by atoms with E-state index in [2.05, 4.69) is 30.1 Å². The summed E-state index contributed by atoms with van der Waals surface area (Å²) >= 11 is 0. The number of aromatic nitrogens is 4. The zero-order valence-corrected chi connectivity index (χ0v) is 14.7. The molecular formula is C16H24N6O3. The summed E-state index contributed by atoms with van der Waals surface area (Å²) in [7, 11) is 0. The number of anilines is 1. The van der Waals surface area contributed by atoms with E-state index in [1.807, 2.05) is 13.8 Å². The maximum Gasteiger partial charge on any atom is 0.324 e. The molecule has 0 aromatic carbocycles. The Morgan fingerprint density at radius 2 is 1.92 bits per heavy atom. The molecule has 1 saturated carbocycles. The fourth-order valence-corrected chi connectivity index (χ4v) is 2.97. The third-order valence-electron chi connectivity index (χ3n) is 4.64. The van der Waals surface area contributed by atoms with Gasteiger partial charge in [0, 0.05) is 38.7 Å². The zero-order chi connectivity index (χ0) is 17.2. The van der Waals surface area contributed by atoms with Crippen molar-refractivity contribution in [3.8, 4) is 0 Å². The molecule has 1 saturated heterocycles. The summed E-state index contributed by atoms with van der Waals surface area (Å²) in [6, 6.07) is 0.646. The monoisotopic (exact) mass is 348 g/mol. The summed E-state index contributed by atoms with van der Waals surface area (Å²) in [5.74, 6) is 2.61. The van der Waals surface area contributed by atoms with Crippen molar-refractivity contribution in [1.82, 2.24) is 25.2 Å². The van der Waals surface area contributed by atoms with Crippen molar-refractivity contribution < 1.29 is 13.8 Å². The Morgan fingerprint density at radius 3 is 2.64 bits per heavy atom. The normalized spacial score (nSPS) is 20.2. The van der Waals surface area contributed by atoms with Crippen LogP contribution in [0.25, 0.3) is 0 Å². The van der Waals surface area contributed by atoms with Crippen LogP contribution in [0, 0.1) is 0 Å². The first kappa shape index (κ1) is 16.5. The Labute approximate surface area is 146 Å². The minimum Gasteiger partial charge on any atom is -0.371 e. The second-order valence-electron chi connectivity index (χ2n) is 6.62. The quantitative estimate of drug-likeness (QED) is 0.741. The highest BCUT2D eigenvalue weighted by Crippen LogP contribution is 2.38. The topological polar surface area (TPSA) is 93.6 Å². The van der Waals surface area contributed by atoms with Gasteiger partial charge in [-0.2, -0.15) is 9.97 Å². The Kier molecular flexibility index (Phi) is 4.67. The molecule has 2 aromatic heterocycles. The zero-order valence-electron chi connectivity index (χ0n) is 14.7. The van der Waals surface area contributed by atoms with E-state index < -0.39 is 0 Å². The van der Waals surface area contributed by atoms with Crippen molar-refractivity contribution in [2.45, 2.75) is 45.3 Å². The predicted octanol–water partition coefficient (Wildman–Crippen LogP) is 1.75. The lowest BCUT2D eigenvalue weighted by Crippen LogP contribution is -2.46. The lowest BCUT2D eigenvalue weighted by molar-refractivity contribution is 0.0683. The van der Waals surface area contributed by atoms with Gasteiger partial charge in [-0.05, 0) is 26.7 Å². The average Bonchev–Trinajstić information content (AvgIpc) is 3.17. The highest BCUT2D eigenvalue weighted by atomic mass is 16.5. The first-order valence-electron chi connectivity index (χ1n) is 8.98. The van der Waals surface area contributed by atoms with E-state index in [1.165, 1.54) is 12.8 Å². The molecule has 1 aliphatic heterocycles. The Morgan fingerprint density at radius 1 is 1.12 bits per heavy atom. The predicted molar refractivity (Wildman–Crippen MR) is 88.1 cm³/mol. The summed E-state index contributed by atoms with van der Waals surface area (Å²) in [5, 5.41) is 8.09. The lowest BCUT2D eigenvalue weighted by Gasteiger charge is -2.32. The van der Waals surface area contributed by atoms with Crippen LogP contribution in [-0.2, 0) is 11.3 Å². The second kappa shape index (κ2) is 7.09.